The summed E-state index contributed by atoms with van der Waals surface area (Å²) in [6, 6.07) is 0. The third kappa shape index (κ3) is 5.86. The Balaban J connectivity index is 2.05. The fourth-order valence-electron chi connectivity index (χ4n) is 2.15. The molecular formula is C14H29NO. The lowest BCUT2D eigenvalue weighted by Gasteiger charge is -2.25. The molecular weight excluding hydrogens is 198 g/mol. The number of nitrogens with one attached hydrogen (secondary N) is 1. The first kappa shape index (κ1) is 14.0. The van der Waals surface area contributed by atoms with E-state index in [9.17, 15) is 0 Å². The number of hydrogen-bond donors (Lipinski definition) is 1. The van der Waals surface area contributed by atoms with Gasteiger partial charge in [-0.25, -0.2) is 0 Å². The highest BCUT2D eigenvalue weighted by Crippen LogP contribution is 2.19. The normalized spacial score (nSPS) is 19.7. The van der Waals surface area contributed by atoms with Gasteiger partial charge in [-0.05, 0) is 33.1 Å². The SMILES string of the molecule is CCC(C)(C)NCCOC1CCCCCC1. The van der Waals surface area contributed by atoms with E-state index in [1.54, 1.807) is 0 Å². The van der Waals surface area contributed by atoms with Crippen molar-refractivity contribution >= 4 is 0 Å². The van der Waals surface area contributed by atoms with Crippen molar-refractivity contribution in [3.63, 3.8) is 0 Å². The minimum atomic E-state index is 0.257. The van der Waals surface area contributed by atoms with Gasteiger partial charge in [0.1, 0.15) is 0 Å². The summed E-state index contributed by atoms with van der Waals surface area (Å²) in [4.78, 5) is 0. The highest BCUT2D eigenvalue weighted by Gasteiger charge is 2.15. The van der Waals surface area contributed by atoms with Crippen LogP contribution in [0.1, 0.15) is 65.7 Å². The third-order valence-electron chi connectivity index (χ3n) is 3.75. The topological polar surface area (TPSA) is 21.3 Å². The van der Waals surface area contributed by atoms with Crippen LogP contribution in [-0.2, 0) is 4.74 Å². The standard InChI is InChI=1S/C14H29NO/c1-4-14(2,3)15-11-12-16-13-9-7-5-6-8-10-13/h13,15H,4-12H2,1-3H3. The molecule has 0 aromatic rings. The van der Waals surface area contributed by atoms with Crippen LogP contribution in [0.3, 0.4) is 0 Å². The Bertz CT molecular complexity index is 172. The van der Waals surface area contributed by atoms with E-state index in [1.165, 1.54) is 38.5 Å². The van der Waals surface area contributed by atoms with Crippen LogP contribution in [0.15, 0.2) is 0 Å². The van der Waals surface area contributed by atoms with Crippen LogP contribution in [0.2, 0.25) is 0 Å². The summed E-state index contributed by atoms with van der Waals surface area (Å²) in [6.07, 6.45) is 9.78. The van der Waals surface area contributed by atoms with Crippen molar-refractivity contribution in [3.05, 3.63) is 0 Å². The van der Waals surface area contributed by atoms with E-state index in [-0.39, 0.29) is 5.54 Å². The van der Waals surface area contributed by atoms with Gasteiger partial charge in [0, 0.05) is 12.1 Å². The molecule has 0 unspecified atom stereocenters. The van der Waals surface area contributed by atoms with Gasteiger partial charge in [0.15, 0.2) is 0 Å². The summed E-state index contributed by atoms with van der Waals surface area (Å²) in [5.41, 5.74) is 0.257. The van der Waals surface area contributed by atoms with Gasteiger partial charge < -0.3 is 10.1 Å². The Hall–Kier alpha value is -0.0800. The van der Waals surface area contributed by atoms with Gasteiger partial charge >= 0.3 is 0 Å². The van der Waals surface area contributed by atoms with Gasteiger partial charge in [0.25, 0.3) is 0 Å². The molecule has 0 aromatic heterocycles. The average Bonchev–Trinajstić information content (AvgIpc) is 2.53. The van der Waals surface area contributed by atoms with E-state index >= 15 is 0 Å². The number of rotatable bonds is 6. The van der Waals surface area contributed by atoms with Crippen LogP contribution in [0.25, 0.3) is 0 Å². The van der Waals surface area contributed by atoms with Crippen LogP contribution in [0.5, 0.6) is 0 Å². The molecule has 0 atom stereocenters. The lowest BCUT2D eigenvalue weighted by atomic mass is 10.0. The molecule has 0 saturated heterocycles. The molecule has 2 heteroatoms. The van der Waals surface area contributed by atoms with Crippen LogP contribution >= 0.6 is 0 Å². The fraction of sp³-hybridized carbons (Fsp3) is 1.00. The summed E-state index contributed by atoms with van der Waals surface area (Å²) in [5, 5.41) is 3.54. The van der Waals surface area contributed by atoms with Crippen LogP contribution < -0.4 is 5.32 Å². The molecule has 2 nitrogen and oxygen atoms in total. The van der Waals surface area contributed by atoms with Gasteiger partial charge in [0.05, 0.1) is 12.7 Å². The first-order chi connectivity index (χ1) is 7.64. The van der Waals surface area contributed by atoms with Gasteiger partial charge in [-0.3, -0.25) is 0 Å². The molecule has 0 bridgehead atoms. The molecule has 0 heterocycles. The maximum absolute atomic E-state index is 5.94. The minimum absolute atomic E-state index is 0.257. The predicted octanol–water partition coefficient (Wildman–Crippen LogP) is 3.50. The molecule has 1 rings (SSSR count). The van der Waals surface area contributed by atoms with Crippen LogP contribution in [-0.4, -0.2) is 24.8 Å². The molecule has 1 fully saturated rings. The Morgan fingerprint density at radius 3 is 2.31 bits per heavy atom. The zero-order chi connectivity index (χ0) is 11.9. The Kier molecular flexibility index (Phi) is 6.37. The molecule has 0 aliphatic heterocycles. The van der Waals surface area contributed by atoms with E-state index < -0.39 is 0 Å². The Labute approximate surface area is 101 Å². The van der Waals surface area contributed by atoms with Crippen molar-refractivity contribution in [1.82, 2.24) is 5.32 Å². The summed E-state index contributed by atoms with van der Waals surface area (Å²) in [6.45, 7) is 8.57. The molecule has 0 amide bonds. The van der Waals surface area contributed by atoms with Gasteiger partial charge in [-0.2, -0.15) is 0 Å². The molecule has 1 saturated carbocycles. The maximum Gasteiger partial charge on any atom is 0.0594 e. The molecule has 1 aliphatic carbocycles. The molecule has 96 valence electrons. The molecule has 1 N–H and O–H groups in total. The van der Waals surface area contributed by atoms with Crippen molar-refractivity contribution in [3.8, 4) is 0 Å². The molecule has 16 heavy (non-hydrogen) atoms. The third-order valence-corrected chi connectivity index (χ3v) is 3.75. The summed E-state index contributed by atoms with van der Waals surface area (Å²) < 4.78 is 5.94. The fourth-order valence-corrected chi connectivity index (χ4v) is 2.15. The smallest absolute Gasteiger partial charge is 0.0594 e. The predicted molar refractivity (Wildman–Crippen MR) is 69.8 cm³/mol. The Morgan fingerprint density at radius 2 is 1.75 bits per heavy atom. The van der Waals surface area contributed by atoms with Gasteiger partial charge in [-0.1, -0.05) is 32.6 Å². The monoisotopic (exact) mass is 227 g/mol. The lowest BCUT2D eigenvalue weighted by molar-refractivity contribution is 0.0423. The zero-order valence-electron chi connectivity index (χ0n) is 11.3. The Morgan fingerprint density at radius 1 is 1.12 bits per heavy atom. The largest absolute Gasteiger partial charge is 0.377 e. The molecule has 0 spiro atoms. The van der Waals surface area contributed by atoms with Gasteiger partial charge in [-0.15, -0.1) is 0 Å². The molecule has 0 radical (unpaired) electrons. The van der Waals surface area contributed by atoms with E-state index in [4.69, 9.17) is 4.74 Å². The van der Waals surface area contributed by atoms with E-state index in [0.717, 1.165) is 19.6 Å². The van der Waals surface area contributed by atoms with Crippen molar-refractivity contribution in [2.45, 2.75) is 77.4 Å². The maximum atomic E-state index is 5.94. The van der Waals surface area contributed by atoms with E-state index in [2.05, 4.69) is 26.1 Å². The molecule has 0 aromatic carbocycles. The van der Waals surface area contributed by atoms with E-state index in [0.29, 0.717) is 6.10 Å². The second-order valence-corrected chi connectivity index (χ2v) is 5.65. The summed E-state index contributed by atoms with van der Waals surface area (Å²) in [5.74, 6) is 0. The number of hydrogen-bond acceptors (Lipinski definition) is 2. The van der Waals surface area contributed by atoms with Crippen molar-refractivity contribution in [2.75, 3.05) is 13.2 Å². The van der Waals surface area contributed by atoms with Crippen molar-refractivity contribution in [1.29, 1.82) is 0 Å². The zero-order valence-corrected chi connectivity index (χ0v) is 11.3. The average molecular weight is 227 g/mol. The van der Waals surface area contributed by atoms with Crippen LogP contribution in [0, 0.1) is 0 Å². The number of ether oxygens (including phenoxy) is 1. The van der Waals surface area contributed by atoms with Crippen molar-refractivity contribution in [2.24, 2.45) is 0 Å². The van der Waals surface area contributed by atoms with Crippen molar-refractivity contribution < 1.29 is 4.74 Å². The quantitative estimate of drug-likeness (QED) is 0.554. The summed E-state index contributed by atoms with van der Waals surface area (Å²) >= 11 is 0. The highest BCUT2D eigenvalue weighted by atomic mass is 16.5. The lowest BCUT2D eigenvalue weighted by Crippen LogP contribution is -2.40. The first-order valence-corrected chi connectivity index (χ1v) is 7.01. The first-order valence-electron chi connectivity index (χ1n) is 7.01. The summed E-state index contributed by atoms with van der Waals surface area (Å²) in [7, 11) is 0. The van der Waals surface area contributed by atoms with E-state index in [1.807, 2.05) is 0 Å². The van der Waals surface area contributed by atoms with Crippen LogP contribution in [0.4, 0.5) is 0 Å². The highest BCUT2D eigenvalue weighted by molar-refractivity contribution is 4.74. The second-order valence-electron chi connectivity index (χ2n) is 5.65. The minimum Gasteiger partial charge on any atom is -0.377 e. The van der Waals surface area contributed by atoms with Gasteiger partial charge in [0.2, 0.25) is 0 Å². The second kappa shape index (κ2) is 7.29. The molecule has 1 aliphatic rings.